The van der Waals surface area contributed by atoms with Crippen LogP contribution in [0.4, 0.5) is 5.69 Å². The standard InChI is InChI=1S/C19H21NO4/c1-12-7-13(2)9-14(8-12)10-18-19(23)20(5-6-21)16-4-3-15(22)11-17(16)24-18/h3-4,7-9,11,18,21-22H,5-6,10H2,1-2H3. The SMILES string of the molecule is Cc1cc(C)cc(CC2Oc3cc(O)ccc3N(CCO)C2=O)c1. The fourth-order valence-electron chi connectivity index (χ4n) is 3.18. The van der Waals surface area contributed by atoms with E-state index in [0.29, 0.717) is 17.9 Å². The largest absolute Gasteiger partial charge is 0.508 e. The van der Waals surface area contributed by atoms with Gasteiger partial charge < -0.3 is 19.8 Å². The van der Waals surface area contributed by atoms with E-state index in [9.17, 15) is 15.0 Å². The fraction of sp³-hybridized carbons (Fsp3) is 0.316. The van der Waals surface area contributed by atoms with Crippen LogP contribution in [-0.4, -0.2) is 35.4 Å². The summed E-state index contributed by atoms with van der Waals surface area (Å²) in [6.45, 7) is 4.10. The predicted molar refractivity (Wildman–Crippen MR) is 91.6 cm³/mol. The van der Waals surface area contributed by atoms with E-state index < -0.39 is 6.10 Å². The Hall–Kier alpha value is -2.53. The van der Waals surface area contributed by atoms with Crippen LogP contribution in [0.15, 0.2) is 36.4 Å². The number of aromatic hydroxyl groups is 1. The Morgan fingerprint density at radius 1 is 1.12 bits per heavy atom. The van der Waals surface area contributed by atoms with Gasteiger partial charge in [0.15, 0.2) is 6.10 Å². The minimum Gasteiger partial charge on any atom is -0.508 e. The molecule has 3 rings (SSSR count). The summed E-state index contributed by atoms with van der Waals surface area (Å²) in [5.74, 6) is 0.357. The van der Waals surface area contributed by atoms with Gasteiger partial charge in [-0.25, -0.2) is 0 Å². The van der Waals surface area contributed by atoms with Crippen LogP contribution in [0.3, 0.4) is 0 Å². The van der Waals surface area contributed by atoms with E-state index >= 15 is 0 Å². The van der Waals surface area contributed by atoms with Crippen molar-refractivity contribution in [2.75, 3.05) is 18.1 Å². The zero-order valence-electron chi connectivity index (χ0n) is 13.8. The second-order valence-corrected chi connectivity index (χ2v) is 6.17. The average Bonchev–Trinajstić information content (AvgIpc) is 2.50. The van der Waals surface area contributed by atoms with Crippen molar-refractivity contribution in [3.8, 4) is 11.5 Å². The molecular formula is C19H21NO4. The summed E-state index contributed by atoms with van der Waals surface area (Å²) in [7, 11) is 0. The summed E-state index contributed by atoms with van der Waals surface area (Å²) >= 11 is 0. The molecule has 1 aliphatic heterocycles. The molecule has 24 heavy (non-hydrogen) atoms. The molecule has 0 radical (unpaired) electrons. The molecule has 1 aliphatic rings. The zero-order chi connectivity index (χ0) is 17.3. The third-order valence-electron chi connectivity index (χ3n) is 4.07. The molecule has 0 fully saturated rings. The first kappa shape index (κ1) is 16.3. The van der Waals surface area contributed by atoms with E-state index in [0.717, 1.165) is 16.7 Å². The van der Waals surface area contributed by atoms with Crippen LogP contribution in [0.25, 0.3) is 0 Å². The van der Waals surface area contributed by atoms with Gasteiger partial charge in [0.2, 0.25) is 0 Å². The lowest BCUT2D eigenvalue weighted by atomic mass is 10.0. The smallest absolute Gasteiger partial charge is 0.268 e. The van der Waals surface area contributed by atoms with Gasteiger partial charge in [-0.1, -0.05) is 29.3 Å². The number of aliphatic hydroxyl groups excluding tert-OH is 1. The highest BCUT2D eigenvalue weighted by Crippen LogP contribution is 2.37. The quantitative estimate of drug-likeness (QED) is 0.904. The molecule has 0 spiro atoms. The van der Waals surface area contributed by atoms with Crippen LogP contribution in [0.1, 0.15) is 16.7 Å². The number of rotatable bonds is 4. The van der Waals surface area contributed by atoms with Crippen molar-refractivity contribution < 1.29 is 19.7 Å². The first-order chi connectivity index (χ1) is 11.5. The summed E-state index contributed by atoms with van der Waals surface area (Å²) in [6, 6.07) is 10.8. The van der Waals surface area contributed by atoms with E-state index in [1.54, 1.807) is 6.07 Å². The molecule has 0 saturated carbocycles. The summed E-state index contributed by atoms with van der Waals surface area (Å²) in [5, 5.41) is 19.0. The van der Waals surface area contributed by atoms with Crippen LogP contribution < -0.4 is 9.64 Å². The molecule has 1 unspecified atom stereocenters. The highest BCUT2D eigenvalue weighted by Gasteiger charge is 2.34. The normalized spacial score (nSPS) is 16.7. The molecule has 1 heterocycles. The van der Waals surface area contributed by atoms with Gasteiger partial charge in [0.1, 0.15) is 11.5 Å². The number of carbonyl (C=O) groups excluding carboxylic acids is 1. The molecule has 2 aromatic rings. The molecule has 0 saturated heterocycles. The van der Waals surface area contributed by atoms with E-state index in [4.69, 9.17) is 4.74 Å². The molecule has 2 aromatic carbocycles. The van der Waals surface area contributed by atoms with Gasteiger partial charge in [-0.2, -0.15) is 0 Å². The van der Waals surface area contributed by atoms with Crippen LogP contribution in [-0.2, 0) is 11.2 Å². The minimum absolute atomic E-state index is 0.0807. The molecule has 1 atom stereocenters. The zero-order valence-corrected chi connectivity index (χ0v) is 13.8. The molecule has 0 aromatic heterocycles. The highest BCUT2D eigenvalue weighted by molar-refractivity contribution is 6.00. The molecule has 5 heteroatoms. The number of fused-ring (bicyclic) bond motifs is 1. The monoisotopic (exact) mass is 327 g/mol. The second-order valence-electron chi connectivity index (χ2n) is 6.17. The van der Waals surface area contributed by atoms with Gasteiger partial charge in [0, 0.05) is 19.0 Å². The van der Waals surface area contributed by atoms with Gasteiger partial charge in [-0.15, -0.1) is 0 Å². The van der Waals surface area contributed by atoms with Gasteiger partial charge in [-0.3, -0.25) is 4.79 Å². The Balaban J connectivity index is 1.93. The van der Waals surface area contributed by atoms with Gasteiger partial charge >= 0.3 is 0 Å². The van der Waals surface area contributed by atoms with Crippen molar-refractivity contribution in [2.45, 2.75) is 26.4 Å². The Bertz CT molecular complexity index is 752. The maximum Gasteiger partial charge on any atom is 0.268 e. The van der Waals surface area contributed by atoms with Gasteiger partial charge in [0.05, 0.1) is 12.3 Å². The number of β-amino-alcohol motifs (C(OH)–C–C–N with tert-alkyl or cyclic N) is 1. The number of amides is 1. The molecule has 126 valence electrons. The number of hydrogen-bond acceptors (Lipinski definition) is 4. The van der Waals surface area contributed by atoms with E-state index in [1.807, 2.05) is 26.0 Å². The van der Waals surface area contributed by atoms with Crippen molar-refractivity contribution in [3.05, 3.63) is 53.1 Å². The molecule has 5 nitrogen and oxygen atoms in total. The average molecular weight is 327 g/mol. The number of nitrogens with zero attached hydrogens (tertiary/aromatic N) is 1. The lowest BCUT2D eigenvalue weighted by molar-refractivity contribution is -0.126. The summed E-state index contributed by atoms with van der Waals surface area (Å²) in [6.07, 6.45) is -0.231. The first-order valence-electron chi connectivity index (χ1n) is 7.97. The number of phenolic OH excluding ortho intramolecular Hbond substituents is 1. The van der Waals surface area contributed by atoms with Crippen LogP contribution in [0, 0.1) is 13.8 Å². The van der Waals surface area contributed by atoms with Crippen LogP contribution >= 0.6 is 0 Å². The number of aryl methyl sites for hydroxylation is 2. The lowest BCUT2D eigenvalue weighted by Crippen LogP contribution is -2.48. The van der Waals surface area contributed by atoms with Crippen molar-refractivity contribution in [1.29, 1.82) is 0 Å². The van der Waals surface area contributed by atoms with Crippen LogP contribution in [0.2, 0.25) is 0 Å². The van der Waals surface area contributed by atoms with Crippen molar-refractivity contribution in [3.63, 3.8) is 0 Å². The number of benzene rings is 2. The third kappa shape index (κ3) is 3.21. The highest BCUT2D eigenvalue weighted by atomic mass is 16.5. The number of anilines is 1. The molecule has 1 amide bonds. The Labute approximate surface area is 141 Å². The number of carbonyl (C=O) groups is 1. The fourth-order valence-corrected chi connectivity index (χ4v) is 3.18. The summed E-state index contributed by atoms with van der Waals surface area (Å²) in [4.78, 5) is 14.3. The Morgan fingerprint density at radius 3 is 2.50 bits per heavy atom. The molecular weight excluding hydrogens is 306 g/mol. The van der Waals surface area contributed by atoms with Gasteiger partial charge in [-0.05, 0) is 31.5 Å². The third-order valence-corrected chi connectivity index (χ3v) is 4.07. The van der Waals surface area contributed by atoms with Gasteiger partial charge in [0.25, 0.3) is 5.91 Å². The van der Waals surface area contributed by atoms with Crippen molar-refractivity contribution in [2.24, 2.45) is 0 Å². The van der Waals surface area contributed by atoms with E-state index in [-0.39, 0.29) is 24.8 Å². The summed E-state index contributed by atoms with van der Waals surface area (Å²) < 4.78 is 5.85. The first-order valence-corrected chi connectivity index (χ1v) is 7.97. The second kappa shape index (κ2) is 6.53. The predicted octanol–water partition coefficient (Wildman–Crippen LogP) is 2.34. The van der Waals surface area contributed by atoms with E-state index in [1.165, 1.54) is 17.0 Å². The molecule has 2 N–H and O–H groups in total. The summed E-state index contributed by atoms with van der Waals surface area (Å²) in [5.41, 5.74) is 3.87. The Kier molecular flexibility index (Phi) is 4.44. The van der Waals surface area contributed by atoms with Crippen LogP contribution in [0.5, 0.6) is 11.5 Å². The number of phenols is 1. The topological polar surface area (TPSA) is 70.0 Å². The molecule has 0 aliphatic carbocycles. The number of ether oxygens (including phenoxy) is 1. The maximum atomic E-state index is 12.8. The maximum absolute atomic E-state index is 12.8. The number of aliphatic hydroxyl groups is 1. The lowest BCUT2D eigenvalue weighted by Gasteiger charge is -2.34. The number of hydrogen-bond donors (Lipinski definition) is 2. The van der Waals surface area contributed by atoms with Crippen molar-refractivity contribution in [1.82, 2.24) is 0 Å². The van der Waals surface area contributed by atoms with E-state index in [2.05, 4.69) is 6.07 Å². The Morgan fingerprint density at radius 2 is 1.83 bits per heavy atom. The molecule has 0 bridgehead atoms. The minimum atomic E-state index is -0.674. The van der Waals surface area contributed by atoms with Crippen molar-refractivity contribution >= 4 is 11.6 Å².